The van der Waals surface area contributed by atoms with Crippen LogP contribution in [0.5, 0.6) is 0 Å². The molecule has 0 saturated carbocycles. The van der Waals surface area contributed by atoms with Crippen LogP contribution < -0.4 is 4.89 Å². The van der Waals surface area contributed by atoms with Crippen molar-refractivity contribution >= 4 is 21.6 Å². The SMILES string of the molecule is O=S(=O)(NO)c1cccc(-c2ccc(Cl)cc2)c1. The van der Waals surface area contributed by atoms with Crippen LogP contribution in [0.4, 0.5) is 0 Å². The number of hydrogen-bond donors (Lipinski definition) is 2. The number of hydrogen-bond acceptors (Lipinski definition) is 3. The summed E-state index contributed by atoms with van der Waals surface area (Å²) in [7, 11) is -3.86. The zero-order chi connectivity index (χ0) is 13.2. The van der Waals surface area contributed by atoms with Gasteiger partial charge >= 0.3 is 0 Å². The lowest BCUT2D eigenvalue weighted by Crippen LogP contribution is -2.19. The van der Waals surface area contributed by atoms with Gasteiger partial charge in [0.25, 0.3) is 10.0 Å². The molecule has 0 amide bonds. The smallest absolute Gasteiger partial charge is 0.262 e. The zero-order valence-corrected chi connectivity index (χ0v) is 10.7. The molecular formula is C12H10ClNO3S. The van der Waals surface area contributed by atoms with Crippen molar-refractivity contribution in [3.8, 4) is 11.1 Å². The molecule has 0 heterocycles. The Morgan fingerprint density at radius 1 is 1.00 bits per heavy atom. The molecule has 94 valence electrons. The predicted molar refractivity (Wildman–Crippen MR) is 69.0 cm³/mol. The first-order valence-corrected chi connectivity index (χ1v) is 6.91. The molecule has 0 unspecified atom stereocenters. The summed E-state index contributed by atoms with van der Waals surface area (Å²) in [6.07, 6.45) is 0. The molecule has 0 atom stereocenters. The van der Waals surface area contributed by atoms with E-state index in [1.807, 2.05) is 0 Å². The van der Waals surface area contributed by atoms with Gasteiger partial charge in [-0.15, -0.1) is 0 Å². The maximum absolute atomic E-state index is 11.5. The first-order chi connectivity index (χ1) is 8.53. The molecule has 2 aromatic carbocycles. The van der Waals surface area contributed by atoms with E-state index in [2.05, 4.69) is 0 Å². The van der Waals surface area contributed by atoms with Gasteiger partial charge in [-0.05, 0) is 35.4 Å². The second kappa shape index (κ2) is 5.07. The van der Waals surface area contributed by atoms with Crippen LogP contribution in [-0.4, -0.2) is 13.6 Å². The van der Waals surface area contributed by atoms with Gasteiger partial charge < -0.3 is 5.21 Å². The molecule has 6 heteroatoms. The van der Waals surface area contributed by atoms with Crippen LogP contribution >= 0.6 is 11.6 Å². The van der Waals surface area contributed by atoms with Gasteiger partial charge in [-0.2, -0.15) is 0 Å². The van der Waals surface area contributed by atoms with Gasteiger partial charge in [0.15, 0.2) is 0 Å². The summed E-state index contributed by atoms with van der Waals surface area (Å²) in [6, 6.07) is 13.3. The molecule has 0 bridgehead atoms. The van der Waals surface area contributed by atoms with E-state index < -0.39 is 10.0 Å². The third-order valence-electron chi connectivity index (χ3n) is 2.44. The van der Waals surface area contributed by atoms with Crippen LogP contribution in [0.2, 0.25) is 5.02 Å². The van der Waals surface area contributed by atoms with E-state index in [4.69, 9.17) is 16.8 Å². The Hall–Kier alpha value is -1.40. The second-order valence-corrected chi connectivity index (χ2v) is 5.73. The summed E-state index contributed by atoms with van der Waals surface area (Å²) in [5.74, 6) is 0. The molecule has 0 radical (unpaired) electrons. The number of benzene rings is 2. The van der Waals surface area contributed by atoms with Crippen molar-refractivity contribution in [1.82, 2.24) is 4.89 Å². The van der Waals surface area contributed by atoms with Crippen molar-refractivity contribution in [1.29, 1.82) is 0 Å². The van der Waals surface area contributed by atoms with Gasteiger partial charge in [0.2, 0.25) is 0 Å². The summed E-state index contributed by atoms with van der Waals surface area (Å²) >= 11 is 5.79. The highest BCUT2D eigenvalue weighted by Crippen LogP contribution is 2.23. The molecule has 0 aliphatic carbocycles. The maximum atomic E-state index is 11.5. The van der Waals surface area contributed by atoms with Crippen molar-refractivity contribution in [3.63, 3.8) is 0 Å². The van der Waals surface area contributed by atoms with Crippen molar-refractivity contribution < 1.29 is 13.6 Å². The Bertz CT molecular complexity index is 653. The summed E-state index contributed by atoms with van der Waals surface area (Å²) < 4.78 is 22.9. The molecule has 2 N–H and O–H groups in total. The number of nitrogens with one attached hydrogen (secondary N) is 1. The monoisotopic (exact) mass is 283 g/mol. The first-order valence-electron chi connectivity index (χ1n) is 5.05. The molecule has 0 spiro atoms. The normalized spacial score (nSPS) is 11.4. The standard InChI is InChI=1S/C12H10ClNO3S/c13-11-6-4-9(5-7-11)10-2-1-3-12(8-10)18(16,17)14-15/h1-8,14-15H. The molecule has 18 heavy (non-hydrogen) atoms. The van der Waals surface area contributed by atoms with Gasteiger partial charge in [0.05, 0.1) is 4.90 Å². The van der Waals surface area contributed by atoms with E-state index in [1.54, 1.807) is 36.4 Å². The second-order valence-electron chi connectivity index (χ2n) is 3.63. The minimum absolute atomic E-state index is 0.00236. The number of halogens is 1. The lowest BCUT2D eigenvalue weighted by Gasteiger charge is -2.05. The lowest BCUT2D eigenvalue weighted by molar-refractivity contribution is 0.242. The molecule has 0 aliphatic heterocycles. The Morgan fingerprint density at radius 3 is 2.28 bits per heavy atom. The molecule has 0 fully saturated rings. The summed E-state index contributed by atoms with van der Waals surface area (Å²) in [4.78, 5) is 1.29. The Labute approximate surface area is 110 Å². The van der Waals surface area contributed by atoms with Gasteiger partial charge in [0.1, 0.15) is 0 Å². The van der Waals surface area contributed by atoms with Crippen molar-refractivity contribution in [2.24, 2.45) is 0 Å². The van der Waals surface area contributed by atoms with Crippen LogP contribution in [0.25, 0.3) is 11.1 Å². The van der Waals surface area contributed by atoms with Crippen molar-refractivity contribution in [2.45, 2.75) is 4.90 Å². The fraction of sp³-hybridized carbons (Fsp3) is 0. The summed E-state index contributed by atoms with van der Waals surface area (Å²) in [6.45, 7) is 0. The summed E-state index contributed by atoms with van der Waals surface area (Å²) in [5, 5.41) is 9.20. The average molecular weight is 284 g/mol. The van der Waals surface area contributed by atoms with Crippen LogP contribution in [0.15, 0.2) is 53.4 Å². The average Bonchev–Trinajstić information content (AvgIpc) is 2.40. The number of rotatable bonds is 3. The van der Waals surface area contributed by atoms with Gasteiger partial charge in [0, 0.05) is 5.02 Å². The summed E-state index contributed by atoms with van der Waals surface area (Å²) in [5.41, 5.74) is 1.57. The molecular weight excluding hydrogens is 274 g/mol. The van der Waals surface area contributed by atoms with Gasteiger partial charge in [-0.1, -0.05) is 40.8 Å². The molecule has 2 aromatic rings. The van der Waals surface area contributed by atoms with E-state index in [0.29, 0.717) is 5.02 Å². The van der Waals surface area contributed by atoms with E-state index >= 15 is 0 Å². The van der Waals surface area contributed by atoms with E-state index in [0.717, 1.165) is 11.1 Å². The highest BCUT2D eigenvalue weighted by atomic mass is 35.5. The quantitative estimate of drug-likeness (QED) is 0.851. The first kappa shape index (κ1) is 13.0. The minimum Gasteiger partial charge on any atom is -0.302 e. The molecule has 0 aliphatic rings. The van der Waals surface area contributed by atoms with Crippen LogP contribution in [0.1, 0.15) is 0 Å². The molecule has 4 nitrogen and oxygen atoms in total. The van der Waals surface area contributed by atoms with Crippen LogP contribution in [0, 0.1) is 0 Å². The zero-order valence-electron chi connectivity index (χ0n) is 9.17. The van der Waals surface area contributed by atoms with Crippen molar-refractivity contribution in [3.05, 3.63) is 53.6 Å². The Balaban J connectivity index is 2.48. The van der Waals surface area contributed by atoms with E-state index in [1.165, 1.54) is 17.0 Å². The third-order valence-corrected chi connectivity index (χ3v) is 3.81. The highest BCUT2D eigenvalue weighted by Gasteiger charge is 2.12. The number of sulfonamides is 1. The van der Waals surface area contributed by atoms with Gasteiger partial charge in [-0.25, -0.2) is 8.42 Å². The fourth-order valence-electron chi connectivity index (χ4n) is 1.54. The third kappa shape index (κ3) is 2.70. The topological polar surface area (TPSA) is 66.4 Å². The fourth-order valence-corrected chi connectivity index (χ4v) is 2.31. The van der Waals surface area contributed by atoms with Gasteiger partial charge in [-0.3, -0.25) is 0 Å². The predicted octanol–water partition coefficient (Wildman–Crippen LogP) is 2.67. The van der Waals surface area contributed by atoms with E-state index in [-0.39, 0.29) is 4.90 Å². The molecule has 0 saturated heterocycles. The highest BCUT2D eigenvalue weighted by molar-refractivity contribution is 7.89. The minimum atomic E-state index is -3.86. The Morgan fingerprint density at radius 2 is 1.67 bits per heavy atom. The lowest BCUT2D eigenvalue weighted by atomic mass is 10.1. The molecule has 2 rings (SSSR count). The van der Waals surface area contributed by atoms with Crippen LogP contribution in [0.3, 0.4) is 0 Å². The van der Waals surface area contributed by atoms with E-state index in [9.17, 15) is 8.42 Å². The van der Waals surface area contributed by atoms with Crippen LogP contribution in [-0.2, 0) is 10.0 Å². The molecule has 0 aromatic heterocycles. The maximum Gasteiger partial charge on any atom is 0.262 e. The Kier molecular flexibility index (Phi) is 3.68. The van der Waals surface area contributed by atoms with Crippen molar-refractivity contribution in [2.75, 3.05) is 0 Å². The largest absolute Gasteiger partial charge is 0.302 e.